The molecule has 176 valence electrons. The van der Waals surface area contributed by atoms with E-state index < -0.39 is 0 Å². The molecule has 4 aromatic rings. The monoisotopic (exact) mass is 486 g/mol. The predicted molar refractivity (Wildman–Crippen MR) is 136 cm³/mol. The molecule has 2 atom stereocenters. The van der Waals surface area contributed by atoms with Crippen molar-refractivity contribution in [3.05, 3.63) is 101 Å². The van der Waals surface area contributed by atoms with Crippen LogP contribution in [0.4, 0.5) is 10.1 Å². The van der Waals surface area contributed by atoms with Crippen molar-refractivity contribution in [3.63, 3.8) is 0 Å². The zero-order valence-electron chi connectivity index (χ0n) is 19.2. The van der Waals surface area contributed by atoms with Crippen LogP contribution in [0.2, 0.25) is 0 Å². The van der Waals surface area contributed by atoms with Gasteiger partial charge in [-0.2, -0.15) is 0 Å². The lowest BCUT2D eigenvalue weighted by molar-refractivity contribution is 0.174. The van der Waals surface area contributed by atoms with E-state index in [0.717, 1.165) is 28.3 Å². The zero-order chi connectivity index (χ0) is 24.1. The van der Waals surface area contributed by atoms with Crippen LogP contribution in [0.25, 0.3) is 5.69 Å². The highest BCUT2D eigenvalue weighted by molar-refractivity contribution is 7.80. The van der Waals surface area contributed by atoms with Gasteiger partial charge in [0, 0.05) is 29.3 Å². The summed E-state index contributed by atoms with van der Waals surface area (Å²) in [5.74, 6) is 1.12. The first-order valence-corrected chi connectivity index (χ1v) is 11.8. The second-order valence-corrected chi connectivity index (χ2v) is 9.03. The van der Waals surface area contributed by atoms with Crippen molar-refractivity contribution in [2.45, 2.75) is 25.9 Å². The molecule has 0 amide bonds. The molecular formula is C27H23FN4O2S. The number of thiocarbonyl (C=S) groups is 1. The van der Waals surface area contributed by atoms with Gasteiger partial charge in [0.15, 0.2) is 16.6 Å². The van der Waals surface area contributed by atoms with Crippen molar-refractivity contribution in [1.29, 1.82) is 0 Å². The molecule has 2 aromatic heterocycles. The lowest BCUT2D eigenvalue weighted by atomic mass is 9.96. The van der Waals surface area contributed by atoms with Crippen LogP contribution in [-0.4, -0.2) is 21.5 Å². The molecule has 4 heterocycles. The summed E-state index contributed by atoms with van der Waals surface area (Å²) < 4.78 is 27.9. The van der Waals surface area contributed by atoms with Gasteiger partial charge in [-0.25, -0.2) is 4.39 Å². The number of rotatable bonds is 4. The number of nitrogens with zero attached hydrogens (tertiary/aromatic N) is 3. The van der Waals surface area contributed by atoms with E-state index in [4.69, 9.17) is 21.7 Å². The topological polar surface area (TPSA) is 51.6 Å². The summed E-state index contributed by atoms with van der Waals surface area (Å²) in [6.45, 7) is 4.21. The fraction of sp³-hybridized carbons (Fsp3) is 0.185. The number of halogens is 1. The Bertz CT molecular complexity index is 1440. The van der Waals surface area contributed by atoms with Crippen LogP contribution >= 0.6 is 12.2 Å². The third-order valence-electron chi connectivity index (χ3n) is 6.61. The Morgan fingerprint density at radius 1 is 1.00 bits per heavy atom. The zero-order valence-corrected chi connectivity index (χ0v) is 20.1. The summed E-state index contributed by atoms with van der Waals surface area (Å²) in [6, 6.07) is 20.2. The van der Waals surface area contributed by atoms with E-state index in [1.807, 2.05) is 60.9 Å². The van der Waals surface area contributed by atoms with E-state index >= 15 is 0 Å². The van der Waals surface area contributed by atoms with E-state index in [1.54, 1.807) is 18.3 Å². The van der Waals surface area contributed by atoms with Gasteiger partial charge in [-0.3, -0.25) is 4.98 Å². The molecule has 8 heteroatoms. The summed E-state index contributed by atoms with van der Waals surface area (Å²) in [4.78, 5) is 6.72. The third kappa shape index (κ3) is 3.52. The van der Waals surface area contributed by atoms with Gasteiger partial charge >= 0.3 is 0 Å². The summed E-state index contributed by atoms with van der Waals surface area (Å²) in [5, 5.41) is 4.07. The van der Waals surface area contributed by atoms with Crippen LogP contribution in [0, 0.1) is 19.7 Å². The maximum atomic E-state index is 14.8. The molecule has 2 aliphatic heterocycles. The number of nitrogens with one attached hydrogen (secondary N) is 1. The highest BCUT2D eigenvalue weighted by atomic mass is 32.1. The predicted octanol–water partition coefficient (Wildman–Crippen LogP) is 5.53. The number of aromatic nitrogens is 2. The van der Waals surface area contributed by atoms with Gasteiger partial charge in [0.05, 0.1) is 23.5 Å². The van der Waals surface area contributed by atoms with Gasteiger partial charge in [-0.05, 0) is 74.1 Å². The normalized spacial score (nSPS) is 18.7. The van der Waals surface area contributed by atoms with Crippen molar-refractivity contribution < 1.29 is 13.9 Å². The minimum Gasteiger partial charge on any atom is -0.454 e. The summed E-state index contributed by atoms with van der Waals surface area (Å²) in [6.07, 6.45) is 1.78. The molecule has 1 fully saturated rings. The molecule has 6 nitrogen and oxygen atoms in total. The Morgan fingerprint density at radius 2 is 1.80 bits per heavy atom. The third-order valence-corrected chi connectivity index (χ3v) is 6.93. The molecule has 0 bridgehead atoms. The molecule has 2 unspecified atom stereocenters. The second kappa shape index (κ2) is 8.39. The van der Waals surface area contributed by atoms with Gasteiger partial charge < -0.3 is 24.3 Å². The SMILES string of the molecule is Cc1cc(C2C(c3ccccn3)NC(=S)N2c2ccc3c(c2)OCO3)c(C)n1-c1ccccc1F. The number of hydrogen-bond acceptors (Lipinski definition) is 4. The molecular weight excluding hydrogens is 463 g/mol. The summed E-state index contributed by atoms with van der Waals surface area (Å²) in [7, 11) is 0. The van der Waals surface area contributed by atoms with Crippen LogP contribution in [0.3, 0.4) is 0 Å². The van der Waals surface area contributed by atoms with Crippen LogP contribution in [-0.2, 0) is 0 Å². The molecule has 0 saturated carbocycles. The summed E-state index contributed by atoms with van der Waals surface area (Å²) >= 11 is 5.85. The van der Waals surface area contributed by atoms with Gasteiger partial charge in [-0.15, -0.1) is 0 Å². The molecule has 2 aliphatic rings. The molecule has 35 heavy (non-hydrogen) atoms. The van der Waals surface area contributed by atoms with Crippen molar-refractivity contribution >= 4 is 23.0 Å². The number of pyridine rings is 1. The van der Waals surface area contributed by atoms with Crippen molar-refractivity contribution in [2.75, 3.05) is 11.7 Å². The number of hydrogen-bond donors (Lipinski definition) is 1. The first-order chi connectivity index (χ1) is 17.0. The Morgan fingerprint density at radius 3 is 2.60 bits per heavy atom. The number of benzene rings is 2. The molecule has 2 aromatic carbocycles. The Kier molecular flexibility index (Phi) is 5.18. The number of fused-ring (bicyclic) bond motifs is 1. The maximum absolute atomic E-state index is 14.8. The van der Waals surface area contributed by atoms with Crippen molar-refractivity contribution in [2.24, 2.45) is 0 Å². The Balaban J connectivity index is 1.52. The second-order valence-electron chi connectivity index (χ2n) is 8.65. The van der Waals surface area contributed by atoms with Crippen LogP contribution in [0.15, 0.2) is 72.9 Å². The van der Waals surface area contributed by atoms with E-state index in [-0.39, 0.29) is 24.7 Å². The van der Waals surface area contributed by atoms with Gasteiger partial charge in [0.2, 0.25) is 6.79 Å². The molecule has 0 aliphatic carbocycles. The minimum absolute atomic E-state index is 0.200. The van der Waals surface area contributed by atoms with Gasteiger partial charge in [0.1, 0.15) is 5.82 Å². The first-order valence-electron chi connectivity index (χ1n) is 11.4. The maximum Gasteiger partial charge on any atom is 0.231 e. The van der Waals surface area contributed by atoms with E-state index in [9.17, 15) is 4.39 Å². The minimum atomic E-state index is -0.269. The van der Waals surface area contributed by atoms with Gasteiger partial charge in [-0.1, -0.05) is 18.2 Å². The average molecular weight is 487 g/mol. The average Bonchev–Trinajstić information content (AvgIpc) is 3.55. The van der Waals surface area contributed by atoms with Crippen LogP contribution in [0.5, 0.6) is 11.5 Å². The number of aryl methyl sites for hydroxylation is 1. The van der Waals surface area contributed by atoms with Crippen LogP contribution < -0.4 is 19.7 Å². The standard InChI is InChI=1S/C27H23FN4O2S/c1-16-13-19(17(2)31(16)22-9-4-3-7-20(22)28)26-25(21-8-5-6-12-29-21)30-27(35)32(26)18-10-11-23-24(14-18)34-15-33-23/h3-14,25-26H,15H2,1-2H3,(H,30,35). The number of ether oxygens (including phenoxy) is 2. The molecule has 1 saturated heterocycles. The Hall–Kier alpha value is -3.91. The van der Waals surface area contributed by atoms with Gasteiger partial charge in [0.25, 0.3) is 0 Å². The van der Waals surface area contributed by atoms with Crippen molar-refractivity contribution in [3.8, 4) is 17.2 Å². The van der Waals surface area contributed by atoms with Crippen molar-refractivity contribution in [1.82, 2.24) is 14.9 Å². The van der Waals surface area contributed by atoms with E-state index in [0.29, 0.717) is 22.3 Å². The molecule has 1 N–H and O–H groups in total. The molecule has 0 radical (unpaired) electrons. The highest BCUT2D eigenvalue weighted by Gasteiger charge is 2.42. The van der Waals surface area contributed by atoms with Crippen LogP contribution in [0.1, 0.15) is 34.7 Å². The number of anilines is 1. The molecule has 6 rings (SSSR count). The smallest absolute Gasteiger partial charge is 0.231 e. The lowest BCUT2D eigenvalue weighted by Crippen LogP contribution is -2.29. The highest BCUT2D eigenvalue weighted by Crippen LogP contribution is 2.46. The largest absolute Gasteiger partial charge is 0.454 e. The lowest BCUT2D eigenvalue weighted by Gasteiger charge is -2.28. The first kappa shape index (κ1) is 21.6. The van der Waals surface area contributed by atoms with E-state index in [2.05, 4.69) is 21.3 Å². The molecule has 0 spiro atoms. The number of para-hydroxylation sites is 1. The fourth-order valence-electron chi connectivity index (χ4n) is 5.07. The fourth-order valence-corrected chi connectivity index (χ4v) is 5.42. The quantitative estimate of drug-likeness (QED) is 0.383. The Labute approximate surface area is 207 Å². The summed E-state index contributed by atoms with van der Waals surface area (Å²) in [5.41, 5.74) is 5.18. The van der Waals surface area contributed by atoms with E-state index in [1.165, 1.54) is 6.07 Å².